The molecule has 142 valence electrons. The van der Waals surface area contributed by atoms with Crippen LogP contribution in [0.3, 0.4) is 0 Å². The monoisotopic (exact) mass is 387 g/mol. The van der Waals surface area contributed by atoms with Crippen LogP contribution in [0.15, 0.2) is 42.5 Å². The number of carbonyl (C=O) groups excluding carboxylic acids is 2. The Bertz CT molecular complexity index is 835. The van der Waals surface area contributed by atoms with Crippen molar-refractivity contribution in [2.24, 2.45) is 5.92 Å². The average molecular weight is 388 g/mol. The minimum absolute atomic E-state index is 0.101. The van der Waals surface area contributed by atoms with Crippen LogP contribution in [0, 0.1) is 5.92 Å². The quantitative estimate of drug-likeness (QED) is 0.682. The fraction of sp³-hybridized carbons (Fsp3) is 0.333. The summed E-state index contributed by atoms with van der Waals surface area (Å²) in [6.07, 6.45) is 1.38. The van der Waals surface area contributed by atoms with Crippen molar-refractivity contribution in [2.45, 2.75) is 19.3 Å². The van der Waals surface area contributed by atoms with Gasteiger partial charge in [-0.15, -0.1) is 0 Å². The maximum atomic E-state index is 12.7. The van der Waals surface area contributed by atoms with Crippen molar-refractivity contribution < 1.29 is 19.1 Å². The van der Waals surface area contributed by atoms with Gasteiger partial charge in [0.15, 0.2) is 11.5 Å². The maximum absolute atomic E-state index is 12.7. The van der Waals surface area contributed by atoms with Crippen LogP contribution in [-0.2, 0) is 22.4 Å². The first-order chi connectivity index (χ1) is 13.0. The van der Waals surface area contributed by atoms with Crippen LogP contribution >= 0.6 is 11.6 Å². The second kappa shape index (κ2) is 8.44. The van der Waals surface area contributed by atoms with E-state index in [2.05, 4.69) is 0 Å². The highest BCUT2D eigenvalue weighted by Gasteiger charge is 2.37. The summed E-state index contributed by atoms with van der Waals surface area (Å²) in [6.45, 7) is 0.365. The van der Waals surface area contributed by atoms with Gasteiger partial charge in [0.1, 0.15) is 0 Å². The molecule has 0 bridgehead atoms. The number of ether oxygens (including phenoxy) is 2. The van der Waals surface area contributed by atoms with Gasteiger partial charge >= 0.3 is 0 Å². The third kappa shape index (κ3) is 4.42. The third-order valence-electron chi connectivity index (χ3n) is 4.80. The number of imide groups is 1. The Kier molecular flexibility index (Phi) is 6.01. The second-order valence-corrected chi connectivity index (χ2v) is 6.99. The highest BCUT2D eigenvalue weighted by atomic mass is 35.5. The smallest absolute Gasteiger partial charge is 0.233 e. The number of benzene rings is 2. The molecule has 0 radical (unpaired) electrons. The largest absolute Gasteiger partial charge is 0.493 e. The molecule has 6 heteroatoms. The maximum Gasteiger partial charge on any atom is 0.233 e. The molecule has 0 N–H and O–H groups in total. The molecule has 1 aliphatic heterocycles. The van der Waals surface area contributed by atoms with Crippen molar-refractivity contribution in [1.82, 2.24) is 4.90 Å². The Morgan fingerprint density at radius 3 is 2.33 bits per heavy atom. The van der Waals surface area contributed by atoms with E-state index in [1.54, 1.807) is 26.4 Å². The first-order valence-electron chi connectivity index (χ1n) is 8.81. The summed E-state index contributed by atoms with van der Waals surface area (Å²) in [7, 11) is 3.16. The first-order valence-corrected chi connectivity index (χ1v) is 9.19. The summed E-state index contributed by atoms with van der Waals surface area (Å²) in [4.78, 5) is 26.4. The Hall–Kier alpha value is -2.53. The van der Waals surface area contributed by atoms with E-state index in [4.69, 9.17) is 21.1 Å². The molecule has 0 unspecified atom stereocenters. The number of carbonyl (C=O) groups is 2. The van der Waals surface area contributed by atoms with Crippen LogP contribution in [0.2, 0.25) is 5.02 Å². The lowest BCUT2D eigenvalue weighted by atomic mass is 9.98. The van der Waals surface area contributed by atoms with E-state index < -0.39 is 0 Å². The zero-order chi connectivity index (χ0) is 19.4. The lowest BCUT2D eigenvalue weighted by Crippen LogP contribution is -2.33. The molecule has 0 aromatic heterocycles. The van der Waals surface area contributed by atoms with Crippen molar-refractivity contribution in [2.75, 3.05) is 20.8 Å². The molecule has 1 heterocycles. The molecule has 0 aliphatic carbocycles. The molecule has 0 spiro atoms. The standard InChI is InChI=1S/C21H22ClNO4/c1-26-18-8-5-15(12-19(18)27-2)9-10-23-20(24)13-16(21(23)25)11-14-3-6-17(22)7-4-14/h3-8,12,16H,9-11,13H2,1-2H3/t16-/m0/s1. The summed E-state index contributed by atoms with van der Waals surface area (Å²) in [5, 5.41) is 0.657. The number of likely N-dealkylation sites (tertiary alicyclic amines) is 1. The number of hydrogen-bond acceptors (Lipinski definition) is 4. The van der Waals surface area contributed by atoms with Crippen LogP contribution in [0.1, 0.15) is 17.5 Å². The van der Waals surface area contributed by atoms with E-state index in [9.17, 15) is 9.59 Å². The number of amides is 2. The Labute approximate surface area is 163 Å². The summed E-state index contributed by atoms with van der Waals surface area (Å²) in [6, 6.07) is 13.0. The Morgan fingerprint density at radius 1 is 1.00 bits per heavy atom. The minimum Gasteiger partial charge on any atom is -0.493 e. The van der Waals surface area contributed by atoms with Gasteiger partial charge in [-0.1, -0.05) is 29.8 Å². The number of hydrogen-bond donors (Lipinski definition) is 0. The molecular weight excluding hydrogens is 366 g/mol. The van der Waals surface area contributed by atoms with Crippen LogP contribution in [0.25, 0.3) is 0 Å². The zero-order valence-electron chi connectivity index (χ0n) is 15.4. The molecule has 1 atom stereocenters. The molecule has 0 saturated carbocycles. The fourth-order valence-electron chi connectivity index (χ4n) is 3.33. The summed E-state index contributed by atoms with van der Waals surface area (Å²) < 4.78 is 10.5. The molecule has 2 aromatic rings. The van der Waals surface area contributed by atoms with Crippen LogP contribution in [0.5, 0.6) is 11.5 Å². The number of methoxy groups -OCH3 is 2. The minimum atomic E-state index is -0.302. The van der Waals surface area contributed by atoms with E-state index in [1.807, 2.05) is 30.3 Å². The summed E-state index contributed by atoms with van der Waals surface area (Å²) >= 11 is 5.90. The van der Waals surface area contributed by atoms with E-state index >= 15 is 0 Å². The molecule has 2 amide bonds. The molecule has 1 saturated heterocycles. The van der Waals surface area contributed by atoms with E-state index in [0.717, 1.165) is 11.1 Å². The molecule has 27 heavy (non-hydrogen) atoms. The van der Waals surface area contributed by atoms with Gasteiger partial charge in [0.05, 0.1) is 20.1 Å². The van der Waals surface area contributed by atoms with Gasteiger partial charge in [-0.3, -0.25) is 14.5 Å². The lowest BCUT2D eigenvalue weighted by molar-refractivity contribution is -0.139. The normalized spacial score (nSPS) is 16.7. The third-order valence-corrected chi connectivity index (χ3v) is 5.06. The molecule has 1 aliphatic rings. The molecule has 5 nitrogen and oxygen atoms in total. The SMILES string of the molecule is COc1ccc(CCN2C(=O)C[C@H](Cc3ccc(Cl)cc3)C2=O)cc1OC. The number of rotatable bonds is 7. The van der Waals surface area contributed by atoms with Gasteiger partial charge in [0.25, 0.3) is 0 Å². The second-order valence-electron chi connectivity index (χ2n) is 6.55. The fourth-order valence-corrected chi connectivity index (χ4v) is 3.45. The van der Waals surface area contributed by atoms with E-state index in [0.29, 0.717) is 35.9 Å². The highest BCUT2D eigenvalue weighted by molar-refractivity contribution is 6.30. The van der Waals surface area contributed by atoms with E-state index in [-0.39, 0.29) is 24.2 Å². The first kappa shape index (κ1) is 19.2. The van der Waals surface area contributed by atoms with Crippen molar-refractivity contribution in [3.8, 4) is 11.5 Å². The Balaban J connectivity index is 1.63. The van der Waals surface area contributed by atoms with Gasteiger partial charge < -0.3 is 9.47 Å². The Morgan fingerprint density at radius 2 is 1.67 bits per heavy atom. The van der Waals surface area contributed by atoms with Gasteiger partial charge in [-0.05, 0) is 48.2 Å². The predicted octanol–water partition coefficient (Wildman–Crippen LogP) is 3.52. The molecule has 1 fully saturated rings. The zero-order valence-corrected chi connectivity index (χ0v) is 16.2. The molecule has 3 rings (SSSR count). The van der Waals surface area contributed by atoms with Crippen LogP contribution in [0.4, 0.5) is 0 Å². The van der Waals surface area contributed by atoms with Gasteiger partial charge in [0, 0.05) is 18.0 Å². The lowest BCUT2D eigenvalue weighted by Gasteiger charge is -2.16. The van der Waals surface area contributed by atoms with Gasteiger partial charge in [0.2, 0.25) is 11.8 Å². The number of halogens is 1. The van der Waals surface area contributed by atoms with Crippen molar-refractivity contribution >= 4 is 23.4 Å². The van der Waals surface area contributed by atoms with Crippen molar-refractivity contribution in [1.29, 1.82) is 0 Å². The summed E-state index contributed by atoms with van der Waals surface area (Å²) in [5.74, 6) is 0.770. The van der Waals surface area contributed by atoms with Crippen LogP contribution in [-0.4, -0.2) is 37.5 Å². The summed E-state index contributed by atoms with van der Waals surface area (Å²) in [5.41, 5.74) is 1.99. The number of nitrogens with zero attached hydrogens (tertiary/aromatic N) is 1. The predicted molar refractivity (Wildman–Crippen MR) is 103 cm³/mol. The molecular formula is C21H22ClNO4. The van der Waals surface area contributed by atoms with Crippen molar-refractivity contribution in [3.63, 3.8) is 0 Å². The highest BCUT2D eigenvalue weighted by Crippen LogP contribution is 2.29. The van der Waals surface area contributed by atoms with E-state index in [1.165, 1.54) is 4.90 Å². The topological polar surface area (TPSA) is 55.8 Å². The molecule has 2 aromatic carbocycles. The van der Waals surface area contributed by atoms with Gasteiger partial charge in [-0.25, -0.2) is 0 Å². The van der Waals surface area contributed by atoms with Gasteiger partial charge in [-0.2, -0.15) is 0 Å². The average Bonchev–Trinajstić information content (AvgIpc) is 2.94. The van der Waals surface area contributed by atoms with Crippen molar-refractivity contribution in [3.05, 3.63) is 58.6 Å². The van der Waals surface area contributed by atoms with Crippen LogP contribution < -0.4 is 9.47 Å².